The molecule has 0 unspecified atom stereocenters. The van der Waals surface area contributed by atoms with Gasteiger partial charge in [-0.15, -0.1) is 0 Å². The topological polar surface area (TPSA) is 67.2 Å². The smallest absolute Gasteiger partial charge is 0.239 e. The zero-order valence-electron chi connectivity index (χ0n) is 15.1. The molecule has 4 rings (SSSR count). The summed E-state index contributed by atoms with van der Waals surface area (Å²) in [6.45, 7) is 0.848. The van der Waals surface area contributed by atoms with Crippen LogP contribution in [0.25, 0.3) is 5.69 Å². The van der Waals surface area contributed by atoms with E-state index in [1.54, 1.807) is 40.0 Å². The molecule has 1 aliphatic heterocycles. The number of carbonyl (C=O) groups excluding carboxylic acids is 2. The molecule has 6 nitrogen and oxygen atoms in total. The minimum atomic E-state index is -0.667. The van der Waals surface area contributed by atoms with E-state index in [1.165, 1.54) is 0 Å². The Morgan fingerprint density at radius 3 is 2.61 bits per heavy atom. The average molecular weight is 395 g/mol. The van der Waals surface area contributed by atoms with Crippen LogP contribution in [0.15, 0.2) is 67.0 Å². The SMILES string of the molecule is O=C(NCc1cnn(-c2ccccc2)c1)[C@H]1CCN(c2ccc(Cl)cc2)C1=O. The Morgan fingerprint density at radius 1 is 1.11 bits per heavy atom. The Kier molecular flexibility index (Phi) is 5.12. The zero-order valence-corrected chi connectivity index (χ0v) is 15.8. The monoisotopic (exact) mass is 394 g/mol. The van der Waals surface area contributed by atoms with Crippen molar-refractivity contribution in [1.82, 2.24) is 15.1 Å². The van der Waals surface area contributed by atoms with E-state index in [0.717, 1.165) is 16.9 Å². The van der Waals surface area contributed by atoms with E-state index < -0.39 is 5.92 Å². The van der Waals surface area contributed by atoms with E-state index in [0.29, 0.717) is 24.5 Å². The number of nitrogens with one attached hydrogen (secondary N) is 1. The molecule has 1 aromatic heterocycles. The van der Waals surface area contributed by atoms with Gasteiger partial charge in [0.25, 0.3) is 0 Å². The number of rotatable bonds is 5. The summed E-state index contributed by atoms with van der Waals surface area (Å²) >= 11 is 5.90. The second-order valence-electron chi connectivity index (χ2n) is 6.65. The van der Waals surface area contributed by atoms with Crippen LogP contribution in [0.5, 0.6) is 0 Å². The van der Waals surface area contributed by atoms with Crippen molar-refractivity contribution in [3.8, 4) is 5.69 Å². The molecule has 1 N–H and O–H groups in total. The van der Waals surface area contributed by atoms with Crippen LogP contribution in [0.3, 0.4) is 0 Å². The van der Waals surface area contributed by atoms with Crippen molar-refractivity contribution in [2.75, 3.05) is 11.4 Å². The number of aromatic nitrogens is 2. The maximum Gasteiger partial charge on any atom is 0.239 e. The van der Waals surface area contributed by atoms with E-state index in [-0.39, 0.29) is 11.8 Å². The number of nitrogens with zero attached hydrogens (tertiary/aromatic N) is 3. The third kappa shape index (κ3) is 3.77. The lowest BCUT2D eigenvalue weighted by Crippen LogP contribution is -2.36. The number of carbonyl (C=O) groups is 2. The lowest BCUT2D eigenvalue weighted by molar-refractivity contribution is -0.132. The third-order valence-corrected chi connectivity index (χ3v) is 5.04. The highest BCUT2D eigenvalue weighted by Crippen LogP contribution is 2.26. The van der Waals surface area contributed by atoms with Gasteiger partial charge in [-0.2, -0.15) is 5.10 Å². The average Bonchev–Trinajstić information content (AvgIpc) is 3.34. The van der Waals surface area contributed by atoms with Crippen molar-refractivity contribution in [2.45, 2.75) is 13.0 Å². The number of hydrogen-bond donors (Lipinski definition) is 1. The number of halogens is 1. The molecular weight excluding hydrogens is 376 g/mol. The molecule has 1 saturated heterocycles. The molecule has 3 aromatic rings. The Hall–Kier alpha value is -3.12. The molecular formula is C21H19ClN4O2. The van der Waals surface area contributed by atoms with Crippen LogP contribution >= 0.6 is 11.6 Å². The molecule has 0 radical (unpaired) electrons. The molecule has 0 saturated carbocycles. The highest BCUT2D eigenvalue weighted by Gasteiger charge is 2.37. The number of hydrogen-bond acceptors (Lipinski definition) is 3. The van der Waals surface area contributed by atoms with Crippen LogP contribution in [-0.2, 0) is 16.1 Å². The van der Waals surface area contributed by atoms with Gasteiger partial charge in [-0.25, -0.2) is 4.68 Å². The number of para-hydroxylation sites is 1. The number of amides is 2. The summed E-state index contributed by atoms with van der Waals surface area (Å²) in [6, 6.07) is 16.8. The fourth-order valence-corrected chi connectivity index (χ4v) is 3.41. The van der Waals surface area contributed by atoms with Crippen LogP contribution in [0.2, 0.25) is 5.02 Å². The van der Waals surface area contributed by atoms with Crippen LogP contribution in [0.4, 0.5) is 5.69 Å². The first-order valence-electron chi connectivity index (χ1n) is 9.05. The van der Waals surface area contributed by atoms with E-state index in [2.05, 4.69) is 10.4 Å². The second-order valence-corrected chi connectivity index (χ2v) is 7.09. The van der Waals surface area contributed by atoms with Gasteiger partial charge in [0.1, 0.15) is 5.92 Å². The lowest BCUT2D eigenvalue weighted by Gasteiger charge is -2.16. The van der Waals surface area contributed by atoms with Crippen LogP contribution in [0.1, 0.15) is 12.0 Å². The molecule has 1 atom stereocenters. The Morgan fingerprint density at radius 2 is 1.86 bits per heavy atom. The minimum absolute atomic E-state index is 0.181. The lowest BCUT2D eigenvalue weighted by atomic mass is 10.1. The molecule has 1 fully saturated rings. The van der Waals surface area contributed by atoms with Crippen molar-refractivity contribution < 1.29 is 9.59 Å². The maximum absolute atomic E-state index is 12.6. The first-order valence-corrected chi connectivity index (χ1v) is 9.43. The Balaban J connectivity index is 1.36. The quantitative estimate of drug-likeness (QED) is 0.676. The molecule has 0 spiro atoms. The standard InChI is InChI=1S/C21H19ClN4O2/c22-16-6-8-17(9-7-16)25-11-10-19(21(25)28)20(27)23-12-15-13-24-26(14-15)18-4-2-1-3-5-18/h1-9,13-14,19H,10-12H2,(H,23,27)/t19-/m1/s1. The van der Waals surface area contributed by atoms with Crippen LogP contribution in [0, 0.1) is 5.92 Å². The van der Waals surface area contributed by atoms with Crippen LogP contribution < -0.4 is 10.2 Å². The molecule has 2 aromatic carbocycles. The van der Waals surface area contributed by atoms with Gasteiger partial charge >= 0.3 is 0 Å². The summed E-state index contributed by atoms with van der Waals surface area (Å²) < 4.78 is 1.75. The molecule has 28 heavy (non-hydrogen) atoms. The zero-order chi connectivity index (χ0) is 19.5. The van der Waals surface area contributed by atoms with Gasteiger partial charge in [0.2, 0.25) is 11.8 Å². The number of benzene rings is 2. The number of anilines is 1. The summed E-state index contributed by atoms with van der Waals surface area (Å²) in [4.78, 5) is 26.8. The van der Waals surface area contributed by atoms with Crippen molar-refractivity contribution >= 4 is 29.1 Å². The summed E-state index contributed by atoms with van der Waals surface area (Å²) in [5.74, 6) is -1.10. The predicted molar refractivity (Wildman–Crippen MR) is 107 cm³/mol. The molecule has 2 heterocycles. The summed E-state index contributed by atoms with van der Waals surface area (Å²) in [6.07, 6.45) is 4.08. The first-order chi connectivity index (χ1) is 13.6. The first kappa shape index (κ1) is 18.3. The molecule has 2 amide bonds. The Labute approximate surface area is 167 Å². The molecule has 0 aliphatic carbocycles. The van der Waals surface area contributed by atoms with Crippen molar-refractivity contribution in [1.29, 1.82) is 0 Å². The van der Waals surface area contributed by atoms with Crippen molar-refractivity contribution in [3.63, 3.8) is 0 Å². The predicted octanol–water partition coefficient (Wildman–Crippen LogP) is 3.20. The largest absolute Gasteiger partial charge is 0.351 e. The van der Waals surface area contributed by atoms with Crippen LogP contribution in [-0.4, -0.2) is 28.1 Å². The van der Waals surface area contributed by atoms with E-state index >= 15 is 0 Å². The highest BCUT2D eigenvalue weighted by atomic mass is 35.5. The summed E-state index contributed by atoms with van der Waals surface area (Å²) in [5.41, 5.74) is 2.58. The van der Waals surface area contributed by atoms with E-state index in [9.17, 15) is 9.59 Å². The van der Waals surface area contributed by atoms with Gasteiger partial charge < -0.3 is 10.2 Å². The minimum Gasteiger partial charge on any atom is -0.351 e. The van der Waals surface area contributed by atoms with Gasteiger partial charge in [0, 0.05) is 35.6 Å². The fraction of sp³-hybridized carbons (Fsp3) is 0.190. The van der Waals surface area contributed by atoms with Gasteiger partial charge in [-0.1, -0.05) is 29.8 Å². The summed E-state index contributed by atoms with van der Waals surface area (Å²) in [7, 11) is 0. The Bertz CT molecular complexity index is 985. The normalized spacial score (nSPS) is 16.4. The van der Waals surface area contributed by atoms with Gasteiger partial charge in [-0.05, 0) is 42.8 Å². The van der Waals surface area contributed by atoms with Crippen molar-refractivity contribution in [3.05, 3.63) is 77.6 Å². The second kappa shape index (κ2) is 7.86. The fourth-order valence-electron chi connectivity index (χ4n) is 3.29. The van der Waals surface area contributed by atoms with Gasteiger partial charge in [-0.3, -0.25) is 9.59 Å². The molecule has 7 heteroatoms. The molecule has 142 valence electrons. The van der Waals surface area contributed by atoms with Gasteiger partial charge in [0.15, 0.2) is 0 Å². The molecule has 1 aliphatic rings. The maximum atomic E-state index is 12.6. The van der Waals surface area contributed by atoms with E-state index in [4.69, 9.17) is 11.6 Å². The van der Waals surface area contributed by atoms with Crippen molar-refractivity contribution in [2.24, 2.45) is 5.92 Å². The van der Waals surface area contributed by atoms with E-state index in [1.807, 2.05) is 36.5 Å². The third-order valence-electron chi connectivity index (χ3n) is 4.78. The summed E-state index contributed by atoms with van der Waals surface area (Å²) in [5, 5.41) is 7.78. The van der Waals surface area contributed by atoms with Gasteiger partial charge in [0.05, 0.1) is 11.9 Å². The molecule has 0 bridgehead atoms. The highest BCUT2D eigenvalue weighted by molar-refractivity contribution is 6.30.